The number of hydrogen-bond donors (Lipinski definition) is 2. The first kappa shape index (κ1) is 25.1. The Balaban J connectivity index is 1.83. The van der Waals surface area contributed by atoms with Crippen molar-refractivity contribution < 1.29 is 27.5 Å². The van der Waals surface area contributed by atoms with E-state index in [9.17, 15) is 18.6 Å². The Morgan fingerprint density at radius 1 is 1.28 bits per heavy atom. The lowest BCUT2D eigenvalue weighted by Crippen LogP contribution is -2.55. The van der Waals surface area contributed by atoms with Gasteiger partial charge in [-0.15, -0.1) is 0 Å². The number of carbonyl (C=O) groups is 3. The van der Waals surface area contributed by atoms with Crippen molar-refractivity contribution in [3.05, 3.63) is 0 Å². The van der Waals surface area contributed by atoms with Crippen LogP contribution in [0.5, 0.6) is 0 Å². The number of hydrogen-bond acceptors (Lipinski definition) is 6. The van der Waals surface area contributed by atoms with Crippen LogP contribution in [0.15, 0.2) is 0 Å². The van der Waals surface area contributed by atoms with Crippen LogP contribution in [0.3, 0.4) is 0 Å². The summed E-state index contributed by atoms with van der Waals surface area (Å²) in [6.07, 6.45) is 0.710. The fourth-order valence-electron chi connectivity index (χ4n) is 5.59. The summed E-state index contributed by atoms with van der Waals surface area (Å²) in [6, 6.07) is -1.80. The van der Waals surface area contributed by atoms with Gasteiger partial charge in [-0.3, -0.25) is 13.8 Å². The lowest BCUT2D eigenvalue weighted by Gasteiger charge is -2.35. The predicted octanol–water partition coefficient (Wildman–Crippen LogP) is 1.30. The van der Waals surface area contributed by atoms with E-state index in [1.165, 1.54) is 7.11 Å². The van der Waals surface area contributed by atoms with Gasteiger partial charge in [-0.1, -0.05) is 20.8 Å². The number of nitrogens with zero attached hydrogens (tertiary/aromatic N) is 1. The van der Waals surface area contributed by atoms with Crippen molar-refractivity contribution in [1.82, 2.24) is 14.9 Å². The molecule has 0 aromatic heterocycles. The predicted molar refractivity (Wildman–Crippen MR) is 119 cm³/mol. The molecule has 0 aromatic rings. The molecule has 0 spiro atoms. The summed E-state index contributed by atoms with van der Waals surface area (Å²) >= 11 is -1.82. The van der Waals surface area contributed by atoms with Crippen molar-refractivity contribution in [1.29, 1.82) is 0 Å². The fraction of sp³-hybridized carbons (Fsp3) is 0.864. The largest absolute Gasteiger partial charge is 0.467 e. The SMILES string of the molecule is COC(=O)[C@H](C[C@]1(C)CCNC1=O)NC(=O)[C@@H]1[C@@H]2[C@H]([C@H](C)N1S(=O)OC(C)(C)C)C2(C)C. The minimum atomic E-state index is -1.82. The van der Waals surface area contributed by atoms with E-state index in [4.69, 9.17) is 8.92 Å². The van der Waals surface area contributed by atoms with Crippen LogP contribution in [0.1, 0.15) is 61.3 Å². The monoisotopic (exact) mass is 471 g/mol. The molecule has 2 N–H and O–H groups in total. The lowest BCUT2D eigenvalue weighted by molar-refractivity contribution is -0.147. The maximum Gasteiger partial charge on any atom is 0.328 e. The Kier molecular flexibility index (Phi) is 6.56. The summed E-state index contributed by atoms with van der Waals surface area (Å²) in [5, 5.41) is 5.61. The molecule has 2 heterocycles. The highest BCUT2D eigenvalue weighted by atomic mass is 32.2. The molecule has 3 rings (SSSR count). The van der Waals surface area contributed by atoms with Crippen molar-refractivity contribution in [2.75, 3.05) is 13.7 Å². The van der Waals surface area contributed by atoms with Crippen LogP contribution < -0.4 is 10.6 Å². The van der Waals surface area contributed by atoms with Gasteiger partial charge in [-0.2, -0.15) is 4.31 Å². The molecule has 0 radical (unpaired) electrons. The molecule has 3 aliphatic rings. The maximum atomic E-state index is 13.5. The third-order valence-corrected chi connectivity index (χ3v) is 8.81. The number of rotatable bonds is 7. The van der Waals surface area contributed by atoms with E-state index in [1.54, 1.807) is 11.2 Å². The molecule has 1 unspecified atom stereocenters. The standard InChI is InChI=1S/C22H37N3O6S/c1-12-14-15(21(14,5)6)16(25(12)32(29)31-20(2,3)4)17(26)24-13(18(27)30-8)11-22(7)9-10-23-19(22)28/h12-16H,9-11H2,1-8H3,(H,23,28)(H,24,26)/t12-,13-,14-,15-,16-,22-,32?/m0/s1. The van der Waals surface area contributed by atoms with Gasteiger partial charge in [-0.25, -0.2) is 9.00 Å². The smallest absolute Gasteiger partial charge is 0.328 e. The van der Waals surface area contributed by atoms with E-state index in [2.05, 4.69) is 24.5 Å². The number of piperidine rings is 1. The minimum absolute atomic E-state index is 0.00585. The highest BCUT2D eigenvalue weighted by molar-refractivity contribution is 7.77. The Hall–Kier alpha value is -1.52. The first-order valence-corrected chi connectivity index (χ1v) is 12.2. The van der Waals surface area contributed by atoms with Gasteiger partial charge in [0, 0.05) is 12.6 Å². The molecule has 9 nitrogen and oxygen atoms in total. The molecule has 2 aliphatic heterocycles. The number of esters is 1. The van der Waals surface area contributed by atoms with Gasteiger partial charge in [0.05, 0.1) is 18.1 Å². The molecule has 2 saturated heterocycles. The molecule has 3 fully saturated rings. The third kappa shape index (κ3) is 4.46. The van der Waals surface area contributed by atoms with Gasteiger partial charge >= 0.3 is 5.97 Å². The number of methoxy groups -OCH3 is 1. The summed E-state index contributed by atoms with van der Waals surface area (Å²) < 4.78 is 25.3. The van der Waals surface area contributed by atoms with Crippen LogP contribution in [0.4, 0.5) is 0 Å². The minimum Gasteiger partial charge on any atom is -0.467 e. The van der Waals surface area contributed by atoms with Crippen molar-refractivity contribution >= 4 is 29.1 Å². The Bertz CT molecular complexity index is 825. The number of nitrogens with one attached hydrogen (secondary N) is 2. The zero-order chi connectivity index (χ0) is 24.2. The molecule has 2 amide bonds. The molecular weight excluding hydrogens is 434 g/mol. The normalized spacial score (nSPS) is 35.6. The number of amides is 2. The summed E-state index contributed by atoms with van der Waals surface area (Å²) in [5.74, 6) is -0.942. The number of carbonyl (C=O) groups excluding carboxylic acids is 3. The number of ether oxygens (including phenoxy) is 1. The van der Waals surface area contributed by atoms with Crippen molar-refractivity contribution in [3.8, 4) is 0 Å². The third-order valence-electron chi connectivity index (χ3n) is 7.26. The fourth-order valence-corrected chi connectivity index (χ4v) is 6.92. The van der Waals surface area contributed by atoms with E-state index >= 15 is 0 Å². The maximum absolute atomic E-state index is 13.5. The molecule has 182 valence electrons. The van der Waals surface area contributed by atoms with Crippen molar-refractivity contribution in [2.24, 2.45) is 22.7 Å². The summed E-state index contributed by atoms with van der Waals surface area (Å²) in [7, 11) is 1.26. The molecule has 1 saturated carbocycles. The quantitative estimate of drug-likeness (QED) is 0.541. The van der Waals surface area contributed by atoms with Crippen molar-refractivity contribution in [2.45, 2.75) is 85.0 Å². The Morgan fingerprint density at radius 3 is 2.41 bits per heavy atom. The van der Waals surface area contributed by atoms with Crippen LogP contribution >= 0.6 is 0 Å². The van der Waals surface area contributed by atoms with E-state index in [-0.39, 0.29) is 35.6 Å². The van der Waals surface area contributed by atoms with E-state index in [0.717, 1.165) is 0 Å². The number of fused-ring (bicyclic) bond motifs is 1. The first-order chi connectivity index (χ1) is 14.6. The Labute approximate surface area is 193 Å². The highest BCUT2D eigenvalue weighted by Gasteiger charge is 2.73. The first-order valence-electron chi connectivity index (χ1n) is 11.2. The second-order valence-electron chi connectivity index (χ2n) is 11.2. The topological polar surface area (TPSA) is 114 Å². The van der Waals surface area contributed by atoms with Gasteiger partial charge in [0.25, 0.3) is 0 Å². The molecule has 10 heteroatoms. The zero-order valence-electron chi connectivity index (χ0n) is 20.3. The lowest BCUT2D eigenvalue weighted by atomic mass is 9.82. The average Bonchev–Trinajstić information content (AvgIpc) is 2.91. The molecule has 1 aliphatic carbocycles. The highest BCUT2D eigenvalue weighted by Crippen LogP contribution is 2.67. The van der Waals surface area contributed by atoms with Crippen LogP contribution in [0, 0.1) is 22.7 Å². The summed E-state index contributed by atoms with van der Waals surface area (Å²) in [4.78, 5) is 38.4. The summed E-state index contributed by atoms with van der Waals surface area (Å²) in [5.41, 5.74) is -1.50. The molecule has 0 aromatic carbocycles. The van der Waals surface area contributed by atoms with Gasteiger partial charge in [0.15, 0.2) is 0 Å². The van der Waals surface area contributed by atoms with E-state index in [0.29, 0.717) is 13.0 Å². The van der Waals surface area contributed by atoms with Gasteiger partial charge in [0.1, 0.15) is 12.1 Å². The molecule has 0 bridgehead atoms. The summed E-state index contributed by atoms with van der Waals surface area (Å²) in [6.45, 7) is 13.9. The van der Waals surface area contributed by atoms with Gasteiger partial charge in [-0.05, 0) is 57.8 Å². The molecule has 32 heavy (non-hydrogen) atoms. The van der Waals surface area contributed by atoms with Crippen LogP contribution in [0.25, 0.3) is 0 Å². The molecule has 7 atom stereocenters. The van der Waals surface area contributed by atoms with E-state index < -0.39 is 46.2 Å². The van der Waals surface area contributed by atoms with Gasteiger partial charge in [0.2, 0.25) is 23.1 Å². The average molecular weight is 472 g/mol. The van der Waals surface area contributed by atoms with Crippen LogP contribution in [0.2, 0.25) is 0 Å². The van der Waals surface area contributed by atoms with E-state index in [1.807, 2.05) is 27.7 Å². The van der Waals surface area contributed by atoms with Gasteiger partial charge < -0.3 is 15.4 Å². The Morgan fingerprint density at radius 2 is 1.91 bits per heavy atom. The van der Waals surface area contributed by atoms with Crippen LogP contribution in [-0.2, 0) is 34.6 Å². The second kappa shape index (κ2) is 8.36. The molecular formula is C22H37N3O6S. The van der Waals surface area contributed by atoms with Crippen LogP contribution in [-0.4, -0.2) is 63.7 Å². The second-order valence-corrected chi connectivity index (χ2v) is 12.2. The zero-order valence-corrected chi connectivity index (χ0v) is 21.1. The van der Waals surface area contributed by atoms with Crippen molar-refractivity contribution in [3.63, 3.8) is 0 Å².